The summed E-state index contributed by atoms with van der Waals surface area (Å²) in [6.45, 7) is 24.2. The molecule has 0 atom stereocenters. The van der Waals surface area contributed by atoms with E-state index < -0.39 is 16.6 Å². The molecule has 0 aliphatic carbocycles. The monoisotopic (exact) mass is 545 g/mol. The molecule has 2 nitrogen and oxygen atoms in total. The second-order valence-corrected chi connectivity index (χ2v) is 22.4. The van der Waals surface area contributed by atoms with Crippen LogP contribution in [0.25, 0.3) is 10.6 Å². The minimum absolute atomic E-state index is 0.173. The first-order chi connectivity index (χ1) is 15.0. The van der Waals surface area contributed by atoms with Gasteiger partial charge in [-0.15, -0.1) is 0 Å². The number of rotatable bonds is 8. The van der Waals surface area contributed by atoms with Crippen molar-refractivity contribution in [2.45, 2.75) is 91.0 Å². The van der Waals surface area contributed by atoms with Crippen molar-refractivity contribution in [3.63, 3.8) is 0 Å². The molecule has 5 heteroatoms. The van der Waals surface area contributed by atoms with Gasteiger partial charge in [0.1, 0.15) is 0 Å². The Balaban J connectivity index is 2.37. The van der Waals surface area contributed by atoms with Crippen LogP contribution in [0, 0.1) is 6.07 Å². The number of hydrogen-bond donors (Lipinski definition) is 0. The average molecular weight is 547 g/mol. The van der Waals surface area contributed by atoms with Gasteiger partial charge in [-0.2, -0.15) is 0 Å². The zero-order valence-electron chi connectivity index (χ0n) is 22.2. The van der Waals surface area contributed by atoms with Gasteiger partial charge in [0, 0.05) is 4.48 Å². The van der Waals surface area contributed by atoms with E-state index in [9.17, 15) is 0 Å². The molecule has 0 aromatic heterocycles. The van der Waals surface area contributed by atoms with Crippen molar-refractivity contribution in [3.8, 4) is 0 Å². The van der Waals surface area contributed by atoms with Gasteiger partial charge in [-0.3, -0.25) is 0 Å². The Morgan fingerprint density at radius 3 is 1.91 bits per heavy atom. The van der Waals surface area contributed by atoms with Gasteiger partial charge >= 0.3 is 0 Å². The molecule has 0 N–H and O–H groups in total. The Bertz CT molecular complexity index is 952. The molecule has 0 fully saturated rings. The van der Waals surface area contributed by atoms with E-state index in [1.54, 1.807) is 0 Å². The van der Waals surface area contributed by atoms with Gasteiger partial charge in [0.25, 0.3) is 0 Å². The summed E-state index contributed by atoms with van der Waals surface area (Å²) in [4.78, 5) is 0. The molecule has 2 aromatic carbocycles. The van der Waals surface area contributed by atoms with Crippen LogP contribution in [-0.4, -0.2) is 16.6 Å². The van der Waals surface area contributed by atoms with Crippen LogP contribution in [0.1, 0.15) is 63.8 Å². The third kappa shape index (κ3) is 7.76. The predicted octanol–water partition coefficient (Wildman–Crippen LogP) is 9.42. The zero-order valence-corrected chi connectivity index (χ0v) is 25.8. The van der Waals surface area contributed by atoms with Gasteiger partial charge in [0.2, 0.25) is 0 Å². The van der Waals surface area contributed by atoms with E-state index >= 15 is 0 Å². The first kappa shape index (κ1) is 28.3. The van der Waals surface area contributed by atoms with E-state index in [2.05, 4.69) is 120 Å². The van der Waals surface area contributed by atoms with E-state index in [1.807, 2.05) is 18.2 Å². The lowest BCUT2D eigenvalue weighted by Gasteiger charge is -2.37. The molecule has 0 aliphatic heterocycles. The van der Waals surface area contributed by atoms with E-state index in [4.69, 9.17) is 8.85 Å². The predicted molar refractivity (Wildman–Crippen MR) is 152 cm³/mol. The first-order valence-corrected chi connectivity index (χ1v) is 18.4. The lowest BCUT2D eigenvalue weighted by atomic mass is 10.0. The molecule has 0 unspecified atom stereocenters. The van der Waals surface area contributed by atoms with Gasteiger partial charge in [0.15, 0.2) is 16.6 Å². The van der Waals surface area contributed by atoms with E-state index in [-0.39, 0.29) is 10.1 Å². The molecule has 0 heterocycles. The summed E-state index contributed by atoms with van der Waals surface area (Å²) in [6, 6.07) is 17.8. The summed E-state index contributed by atoms with van der Waals surface area (Å²) in [5.74, 6) is 0. The molecular formula is C28H42BrO2Si2. The fourth-order valence-electron chi connectivity index (χ4n) is 2.73. The van der Waals surface area contributed by atoms with Crippen molar-refractivity contribution in [1.29, 1.82) is 0 Å². The highest BCUT2D eigenvalue weighted by molar-refractivity contribution is 9.15. The Labute approximate surface area is 213 Å². The minimum atomic E-state index is -1.87. The zero-order chi connectivity index (χ0) is 25.1. The summed E-state index contributed by atoms with van der Waals surface area (Å²) in [5.41, 5.74) is 4.69. The highest BCUT2D eigenvalue weighted by Gasteiger charge is 2.38. The normalized spacial score (nSPS) is 14.0. The van der Waals surface area contributed by atoms with Gasteiger partial charge < -0.3 is 8.85 Å². The summed E-state index contributed by atoms with van der Waals surface area (Å²) >= 11 is 3.79. The molecule has 0 amide bonds. The van der Waals surface area contributed by atoms with E-state index in [1.165, 1.54) is 11.1 Å². The van der Waals surface area contributed by atoms with Gasteiger partial charge in [-0.05, 0) is 82.8 Å². The third-order valence-electron chi connectivity index (χ3n) is 7.30. The van der Waals surface area contributed by atoms with E-state index in [0.717, 1.165) is 15.6 Å². The highest BCUT2D eigenvalue weighted by Crippen LogP contribution is 2.39. The van der Waals surface area contributed by atoms with Crippen LogP contribution in [0.3, 0.4) is 0 Å². The van der Waals surface area contributed by atoms with Crippen LogP contribution in [0.15, 0.2) is 42.5 Å². The molecule has 2 rings (SSSR count). The third-order valence-corrected chi connectivity index (χ3v) is 16.9. The largest absolute Gasteiger partial charge is 0.413 e. The Hall–Kier alpha value is -0.986. The van der Waals surface area contributed by atoms with E-state index in [0.29, 0.717) is 13.2 Å². The van der Waals surface area contributed by atoms with Crippen LogP contribution in [0.5, 0.6) is 0 Å². The lowest BCUT2D eigenvalue weighted by molar-refractivity contribution is 0.257. The maximum absolute atomic E-state index is 6.63. The summed E-state index contributed by atoms with van der Waals surface area (Å²) in [6.07, 6.45) is 2.14. The molecular weight excluding hydrogens is 504 g/mol. The molecule has 1 radical (unpaired) electrons. The first-order valence-electron chi connectivity index (χ1n) is 11.8. The fraction of sp³-hybridized carbons (Fsp3) is 0.500. The molecule has 181 valence electrons. The fourth-order valence-corrected chi connectivity index (χ4v) is 5.14. The summed E-state index contributed by atoms with van der Waals surface area (Å²) in [5, 5.41) is 0.357. The molecule has 2 aromatic rings. The average Bonchev–Trinajstić information content (AvgIpc) is 2.70. The number of hydrogen-bond acceptors (Lipinski definition) is 2. The van der Waals surface area contributed by atoms with Crippen molar-refractivity contribution in [2.75, 3.05) is 0 Å². The topological polar surface area (TPSA) is 18.5 Å². The van der Waals surface area contributed by atoms with Crippen molar-refractivity contribution in [3.05, 3.63) is 70.8 Å². The van der Waals surface area contributed by atoms with Gasteiger partial charge in [-0.1, -0.05) is 87.8 Å². The molecule has 0 aliphatic rings. The Morgan fingerprint density at radius 1 is 0.879 bits per heavy atom. The van der Waals surface area contributed by atoms with Crippen LogP contribution in [0.4, 0.5) is 0 Å². The maximum Gasteiger partial charge on any atom is 0.192 e. The number of benzene rings is 2. The molecule has 0 spiro atoms. The van der Waals surface area contributed by atoms with Crippen LogP contribution >= 0.6 is 15.9 Å². The van der Waals surface area contributed by atoms with Crippen molar-refractivity contribution in [2.24, 2.45) is 0 Å². The maximum atomic E-state index is 6.63. The molecule has 0 saturated heterocycles. The van der Waals surface area contributed by atoms with Crippen LogP contribution in [-0.2, 0) is 22.1 Å². The van der Waals surface area contributed by atoms with Crippen molar-refractivity contribution < 1.29 is 8.85 Å². The molecule has 0 saturated carbocycles. The van der Waals surface area contributed by atoms with Gasteiger partial charge in [-0.25, -0.2) is 0 Å². The van der Waals surface area contributed by atoms with Crippen molar-refractivity contribution in [1.82, 2.24) is 0 Å². The Morgan fingerprint density at radius 2 is 1.42 bits per heavy atom. The minimum Gasteiger partial charge on any atom is -0.413 e. The standard InChI is InChI=1S/C28H42BrO2Si2/c1-27(2,3)32(7,8)30-20-24-17-16-23(26(29)18-22-14-12-11-13-15-22)19-25(24)21-31-33(9,10)28(4,5)6/h11-12,14-19H,20-21H2,1-10H3. The summed E-state index contributed by atoms with van der Waals surface area (Å²) < 4.78 is 14.3. The molecule has 33 heavy (non-hydrogen) atoms. The lowest BCUT2D eigenvalue weighted by Crippen LogP contribution is -2.41. The van der Waals surface area contributed by atoms with Crippen LogP contribution in [0.2, 0.25) is 36.3 Å². The smallest absolute Gasteiger partial charge is 0.192 e. The molecule has 0 bridgehead atoms. The summed E-state index contributed by atoms with van der Waals surface area (Å²) in [7, 11) is -3.71. The second-order valence-electron chi connectivity index (χ2n) is 11.9. The quantitative estimate of drug-likeness (QED) is 0.243. The second kappa shape index (κ2) is 10.7. The Kier molecular flexibility index (Phi) is 9.19. The van der Waals surface area contributed by atoms with Gasteiger partial charge in [0.05, 0.1) is 13.2 Å². The number of halogens is 1. The SMILES string of the molecule is CC(C)(C)[Si](C)(C)OCc1ccc(C(Br)=Cc2c[c]ccc2)cc1CO[Si](C)(C)C(C)(C)C. The van der Waals surface area contributed by atoms with Crippen molar-refractivity contribution >= 4 is 43.1 Å². The van der Waals surface area contributed by atoms with Crippen LogP contribution < -0.4 is 0 Å². The highest BCUT2D eigenvalue weighted by atomic mass is 79.9.